The van der Waals surface area contributed by atoms with Crippen LogP contribution in [0.15, 0.2) is 0 Å². The largest absolute Gasteiger partial charge is 0.391 e. The summed E-state index contributed by atoms with van der Waals surface area (Å²) in [6.07, 6.45) is 3.74. The Hall–Kier alpha value is -0.610. The van der Waals surface area contributed by atoms with E-state index >= 15 is 0 Å². The molecule has 1 N–H and O–H groups in total. The van der Waals surface area contributed by atoms with Gasteiger partial charge < -0.3 is 10.0 Å². The third-order valence-corrected chi connectivity index (χ3v) is 4.89. The van der Waals surface area contributed by atoms with Crippen molar-refractivity contribution >= 4 is 16.5 Å². The van der Waals surface area contributed by atoms with Gasteiger partial charge in [-0.2, -0.15) is 0 Å². The normalized spacial score (nSPS) is 23.4. The van der Waals surface area contributed by atoms with Crippen molar-refractivity contribution in [3.05, 3.63) is 10.6 Å². The fourth-order valence-corrected chi connectivity index (χ4v) is 3.58. The molecular weight excluding hydrogens is 232 g/mol. The average Bonchev–Trinajstić information content (AvgIpc) is 2.93. The lowest BCUT2D eigenvalue weighted by Gasteiger charge is -2.18. The van der Waals surface area contributed by atoms with Crippen LogP contribution < -0.4 is 4.90 Å². The average molecular weight is 252 g/mol. The molecule has 1 saturated carbocycles. The number of hydrogen-bond acceptors (Lipinski definition) is 4. The third kappa shape index (κ3) is 2.20. The Morgan fingerprint density at radius 1 is 1.47 bits per heavy atom. The monoisotopic (exact) mass is 252 g/mol. The molecule has 94 valence electrons. The molecule has 3 nitrogen and oxygen atoms in total. The smallest absolute Gasteiger partial charge is 0.185 e. The molecule has 0 radical (unpaired) electrons. The highest BCUT2D eigenvalue weighted by Crippen LogP contribution is 2.45. The molecule has 0 spiro atoms. The molecule has 3 rings (SSSR count). The molecule has 0 amide bonds. The number of rotatable bonds is 3. The molecule has 1 aromatic rings. The van der Waals surface area contributed by atoms with Crippen molar-refractivity contribution in [2.75, 3.05) is 18.0 Å². The third-order valence-electron chi connectivity index (χ3n) is 3.77. The van der Waals surface area contributed by atoms with Gasteiger partial charge in [0.1, 0.15) is 0 Å². The van der Waals surface area contributed by atoms with Gasteiger partial charge in [0.25, 0.3) is 0 Å². The van der Waals surface area contributed by atoms with Gasteiger partial charge in [-0.25, -0.2) is 4.98 Å². The highest BCUT2D eigenvalue weighted by molar-refractivity contribution is 7.15. The Balaban J connectivity index is 1.83. The molecule has 0 bridgehead atoms. The van der Waals surface area contributed by atoms with Crippen molar-refractivity contribution < 1.29 is 5.11 Å². The summed E-state index contributed by atoms with van der Waals surface area (Å²) in [4.78, 5) is 8.25. The molecule has 0 aromatic carbocycles. The van der Waals surface area contributed by atoms with Gasteiger partial charge in [0.2, 0.25) is 0 Å². The van der Waals surface area contributed by atoms with E-state index in [1.807, 2.05) is 0 Å². The van der Waals surface area contributed by atoms with Crippen LogP contribution >= 0.6 is 11.3 Å². The molecule has 2 fully saturated rings. The van der Waals surface area contributed by atoms with Crippen molar-refractivity contribution in [1.29, 1.82) is 0 Å². The first-order chi connectivity index (χ1) is 8.09. The van der Waals surface area contributed by atoms with E-state index in [-0.39, 0.29) is 6.61 Å². The van der Waals surface area contributed by atoms with E-state index in [0.717, 1.165) is 23.1 Å². The maximum absolute atomic E-state index is 9.41. The van der Waals surface area contributed by atoms with Gasteiger partial charge in [-0.15, -0.1) is 0 Å². The van der Waals surface area contributed by atoms with Crippen molar-refractivity contribution in [2.24, 2.45) is 5.41 Å². The molecule has 0 atom stereocenters. The summed E-state index contributed by atoms with van der Waals surface area (Å²) in [5.41, 5.74) is 1.59. The number of thiazole rings is 1. The van der Waals surface area contributed by atoms with Crippen LogP contribution in [0.2, 0.25) is 0 Å². The van der Waals surface area contributed by atoms with Crippen LogP contribution in [0.1, 0.15) is 49.6 Å². The van der Waals surface area contributed by atoms with Crippen molar-refractivity contribution in [3.8, 4) is 0 Å². The number of aliphatic hydroxyl groups is 1. The molecule has 2 aliphatic rings. The van der Waals surface area contributed by atoms with Gasteiger partial charge >= 0.3 is 0 Å². The molecule has 0 unspecified atom stereocenters. The van der Waals surface area contributed by atoms with E-state index in [1.165, 1.54) is 25.0 Å². The maximum Gasteiger partial charge on any atom is 0.185 e. The molecule has 1 aliphatic heterocycles. The van der Waals surface area contributed by atoms with Crippen molar-refractivity contribution in [3.63, 3.8) is 0 Å². The van der Waals surface area contributed by atoms with Crippen LogP contribution in [0.3, 0.4) is 0 Å². The first-order valence-corrected chi connectivity index (χ1v) is 7.26. The zero-order chi connectivity index (χ0) is 12.0. The number of hydrogen-bond donors (Lipinski definition) is 1. The molecule has 1 aliphatic carbocycles. The highest BCUT2D eigenvalue weighted by Gasteiger charge is 2.34. The van der Waals surface area contributed by atoms with Gasteiger partial charge in [-0.1, -0.05) is 25.2 Å². The van der Waals surface area contributed by atoms with Gasteiger partial charge in [0.05, 0.1) is 17.2 Å². The standard InChI is InChI=1S/C13H20N2OS/c1-13(2)5-6-15(8-13)12-14-11(9-3-4-9)10(7-16)17-12/h9,16H,3-8H2,1-2H3. The van der Waals surface area contributed by atoms with Crippen LogP contribution in [0.5, 0.6) is 0 Å². The van der Waals surface area contributed by atoms with E-state index < -0.39 is 0 Å². The van der Waals surface area contributed by atoms with Gasteiger partial charge in [0, 0.05) is 19.0 Å². The van der Waals surface area contributed by atoms with E-state index in [4.69, 9.17) is 4.98 Å². The minimum absolute atomic E-state index is 0.154. The molecule has 1 aromatic heterocycles. The molecular formula is C13H20N2OS. The molecule has 2 heterocycles. The quantitative estimate of drug-likeness (QED) is 0.898. The van der Waals surface area contributed by atoms with Crippen LogP contribution in [-0.2, 0) is 6.61 Å². The van der Waals surface area contributed by atoms with Gasteiger partial charge in [-0.3, -0.25) is 0 Å². The summed E-state index contributed by atoms with van der Waals surface area (Å²) < 4.78 is 0. The summed E-state index contributed by atoms with van der Waals surface area (Å²) in [6.45, 7) is 6.98. The van der Waals surface area contributed by atoms with Crippen LogP contribution in [0.25, 0.3) is 0 Å². The Labute approximate surface area is 106 Å². The Kier molecular flexibility index (Phi) is 2.67. The number of aliphatic hydroxyl groups excluding tert-OH is 1. The zero-order valence-electron chi connectivity index (χ0n) is 10.6. The SMILES string of the molecule is CC1(C)CCN(c2nc(C3CC3)c(CO)s2)C1. The van der Waals surface area contributed by atoms with Crippen LogP contribution in [0.4, 0.5) is 5.13 Å². The summed E-state index contributed by atoms with van der Waals surface area (Å²) in [5.74, 6) is 0.637. The summed E-state index contributed by atoms with van der Waals surface area (Å²) in [6, 6.07) is 0. The summed E-state index contributed by atoms with van der Waals surface area (Å²) in [5, 5.41) is 10.5. The Morgan fingerprint density at radius 2 is 2.24 bits per heavy atom. The lowest BCUT2D eigenvalue weighted by Crippen LogP contribution is -2.22. The number of anilines is 1. The first-order valence-electron chi connectivity index (χ1n) is 6.44. The fourth-order valence-electron chi connectivity index (χ4n) is 2.55. The highest BCUT2D eigenvalue weighted by atomic mass is 32.1. The Bertz CT molecular complexity index is 423. The predicted molar refractivity (Wildman–Crippen MR) is 70.6 cm³/mol. The van der Waals surface area contributed by atoms with Gasteiger partial charge in [0.15, 0.2) is 5.13 Å². The fraction of sp³-hybridized carbons (Fsp3) is 0.769. The summed E-state index contributed by atoms with van der Waals surface area (Å²) >= 11 is 1.69. The number of aromatic nitrogens is 1. The van der Waals surface area contributed by atoms with E-state index in [9.17, 15) is 5.11 Å². The second kappa shape index (κ2) is 3.95. The van der Waals surface area contributed by atoms with Gasteiger partial charge in [-0.05, 0) is 24.7 Å². The van der Waals surface area contributed by atoms with E-state index in [0.29, 0.717) is 11.3 Å². The second-order valence-electron chi connectivity index (χ2n) is 6.07. The molecule has 4 heteroatoms. The lowest BCUT2D eigenvalue weighted by atomic mass is 9.93. The summed E-state index contributed by atoms with van der Waals surface area (Å²) in [7, 11) is 0. The van der Waals surface area contributed by atoms with Crippen molar-refractivity contribution in [1.82, 2.24) is 4.98 Å². The van der Waals surface area contributed by atoms with Crippen LogP contribution in [0, 0.1) is 5.41 Å². The van der Waals surface area contributed by atoms with Crippen LogP contribution in [-0.4, -0.2) is 23.2 Å². The zero-order valence-corrected chi connectivity index (χ0v) is 11.4. The Morgan fingerprint density at radius 3 is 2.76 bits per heavy atom. The lowest BCUT2D eigenvalue weighted by molar-refractivity contribution is 0.284. The first kappa shape index (κ1) is 11.5. The van der Waals surface area contributed by atoms with E-state index in [1.54, 1.807) is 11.3 Å². The number of nitrogens with zero attached hydrogens (tertiary/aromatic N) is 2. The topological polar surface area (TPSA) is 36.4 Å². The molecule has 1 saturated heterocycles. The van der Waals surface area contributed by atoms with E-state index in [2.05, 4.69) is 18.7 Å². The van der Waals surface area contributed by atoms with Crippen molar-refractivity contribution in [2.45, 2.75) is 45.6 Å². The second-order valence-corrected chi connectivity index (χ2v) is 7.14. The maximum atomic E-state index is 9.41. The predicted octanol–water partition coefficient (Wildman–Crippen LogP) is 2.75. The minimum Gasteiger partial charge on any atom is -0.391 e. The minimum atomic E-state index is 0.154. The molecule has 17 heavy (non-hydrogen) atoms.